The fourth-order valence-electron chi connectivity index (χ4n) is 1.67. The van der Waals surface area contributed by atoms with Crippen LogP contribution in [0.5, 0.6) is 0 Å². The lowest BCUT2D eigenvalue weighted by atomic mass is 10.2. The van der Waals surface area contributed by atoms with Crippen molar-refractivity contribution in [2.45, 2.75) is 19.8 Å². The summed E-state index contributed by atoms with van der Waals surface area (Å²) >= 11 is 10.7. The standard InChI is InChI=1S/C13H13ClN4O2S/c1-7-2-3-8(6-9(7)14)15-11(19)5-4-10-12(20)16-13(21)18-17-10/h2-3,6H,4-5H2,1H3,(H,15,19)(H2,16,18,20,21). The second-order valence-corrected chi connectivity index (χ2v) is 5.28. The number of hydrogen-bond acceptors (Lipinski definition) is 4. The number of nitrogens with zero attached hydrogens (tertiary/aromatic N) is 1. The summed E-state index contributed by atoms with van der Waals surface area (Å²) in [6.45, 7) is 1.88. The molecule has 21 heavy (non-hydrogen) atoms. The van der Waals surface area contributed by atoms with Gasteiger partial charge >= 0.3 is 0 Å². The predicted molar refractivity (Wildman–Crippen MR) is 83.2 cm³/mol. The average molecular weight is 325 g/mol. The van der Waals surface area contributed by atoms with Crippen LogP contribution in [0.2, 0.25) is 5.02 Å². The summed E-state index contributed by atoms with van der Waals surface area (Å²) in [5, 5.41) is 9.60. The maximum absolute atomic E-state index is 11.8. The van der Waals surface area contributed by atoms with Crippen molar-refractivity contribution in [3.05, 3.63) is 49.6 Å². The van der Waals surface area contributed by atoms with Gasteiger partial charge in [0.25, 0.3) is 5.56 Å². The van der Waals surface area contributed by atoms with Crippen molar-refractivity contribution >= 4 is 35.4 Å². The SMILES string of the molecule is Cc1ccc(NC(=O)CCc2n[nH]c(=S)[nH]c2=O)cc1Cl. The molecule has 0 unspecified atom stereocenters. The Morgan fingerprint density at radius 1 is 1.48 bits per heavy atom. The van der Waals surface area contributed by atoms with Gasteiger partial charge in [-0.1, -0.05) is 17.7 Å². The number of carbonyl (C=O) groups is 1. The number of amides is 1. The van der Waals surface area contributed by atoms with Crippen molar-refractivity contribution in [3.8, 4) is 0 Å². The number of aryl methyl sites for hydroxylation is 2. The van der Waals surface area contributed by atoms with Crippen LogP contribution in [0.1, 0.15) is 17.7 Å². The minimum Gasteiger partial charge on any atom is -0.326 e. The number of aromatic nitrogens is 3. The molecule has 2 aromatic rings. The van der Waals surface area contributed by atoms with E-state index >= 15 is 0 Å². The minimum absolute atomic E-state index is 0.131. The number of aromatic amines is 2. The third-order valence-electron chi connectivity index (χ3n) is 2.83. The van der Waals surface area contributed by atoms with Crippen LogP contribution in [-0.4, -0.2) is 21.1 Å². The van der Waals surface area contributed by atoms with E-state index in [9.17, 15) is 9.59 Å². The van der Waals surface area contributed by atoms with Gasteiger partial charge in [0.15, 0.2) is 4.77 Å². The summed E-state index contributed by atoms with van der Waals surface area (Å²) < 4.78 is 0.155. The highest BCUT2D eigenvalue weighted by atomic mass is 35.5. The average Bonchev–Trinajstić information content (AvgIpc) is 2.42. The number of rotatable bonds is 4. The quantitative estimate of drug-likeness (QED) is 0.753. The molecule has 110 valence electrons. The number of carbonyl (C=O) groups excluding carboxylic acids is 1. The van der Waals surface area contributed by atoms with Crippen LogP contribution in [0, 0.1) is 11.7 Å². The zero-order valence-corrected chi connectivity index (χ0v) is 12.8. The molecule has 0 aliphatic heterocycles. The number of anilines is 1. The van der Waals surface area contributed by atoms with Gasteiger partial charge in [0.1, 0.15) is 5.69 Å². The Kier molecular flexibility index (Phi) is 4.87. The fourth-order valence-corrected chi connectivity index (χ4v) is 1.99. The molecular formula is C13H13ClN4O2S. The first-order chi connectivity index (χ1) is 9.95. The molecule has 0 aliphatic carbocycles. The first-order valence-electron chi connectivity index (χ1n) is 6.19. The third-order valence-corrected chi connectivity index (χ3v) is 3.43. The lowest BCUT2D eigenvalue weighted by molar-refractivity contribution is -0.116. The highest BCUT2D eigenvalue weighted by Gasteiger charge is 2.08. The maximum atomic E-state index is 11.8. The number of hydrogen-bond donors (Lipinski definition) is 3. The van der Waals surface area contributed by atoms with Crippen molar-refractivity contribution in [1.29, 1.82) is 0 Å². The topological polar surface area (TPSA) is 90.6 Å². The first-order valence-corrected chi connectivity index (χ1v) is 6.98. The molecule has 1 aromatic heterocycles. The molecule has 0 bridgehead atoms. The van der Waals surface area contributed by atoms with E-state index < -0.39 is 0 Å². The predicted octanol–water partition coefficient (Wildman–Crippen LogP) is 2.36. The van der Waals surface area contributed by atoms with Crippen molar-refractivity contribution < 1.29 is 4.79 Å². The lowest BCUT2D eigenvalue weighted by Crippen LogP contribution is -2.19. The molecule has 1 aromatic carbocycles. The van der Waals surface area contributed by atoms with E-state index in [0.29, 0.717) is 10.7 Å². The van der Waals surface area contributed by atoms with Crippen LogP contribution in [0.3, 0.4) is 0 Å². The fraction of sp³-hybridized carbons (Fsp3) is 0.231. The van der Waals surface area contributed by atoms with Crippen LogP contribution >= 0.6 is 23.8 Å². The van der Waals surface area contributed by atoms with Gasteiger partial charge in [-0.25, -0.2) is 0 Å². The minimum atomic E-state index is -0.384. The molecule has 1 heterocycles. The van der Waals surface area contributed by atoms with Gasteiger partial charge in [-0.2, -0.15) is 5.10 Å². The van der Waals surface area contributed by atoms with Crippen LogP contribution in [0.4, 0.5) is 5.69 Å². The summed E-state index contributed by atoms with van der Waals surface area (Å²) in [6.07, 6.45) is 0.346. The molecule has 0 radical (unpaired) electrons. The van der Waals surface area contributed by atoms with E-state index in [2.05, 4.69) is 20.5 Å². The monoisotopic (exact) mass is 324 g/mol. The van der Waals surface area contributed by atoms with E-state index in [0.717, 1.165) is 5.56 Å². The Hall–Kier alpha value is -1.99. The lowest BCUT2D eigenvalue weighted by Gasteiger charge is -2.06. The molecule has 0 saturated heterocycles. The second kappa shape index (κ2) is 6.64. The van der Waals surface area contributed by atoms with E-state index in [1.807, 2.05) is 13.0 Å². The van der Waals surface area contributed by atoms with E-state index in [4.69, 9.17) is 23.8 Å². The van der Waals surface area contributed by atoms with Gasteiger partial charge in [-0.05, 0) is 36.8 Å². The molecule has 1 amide bonds. The number of nitrogens with one attached hydrogen (secondary N) is 3. The smallest absolute Gasteiger partial charge is 0.273 e. The Morgan fingerprint density at radius 3 is 2.90 bits per heavy atom. The van der Waals surface area contributed by atoms with E-state index in [-0.39, 0.29) is 34.8 Å². The van der Waals surface area contributed by atoms with Crippen molar-refractivity contribution in [1.82, 2.24) is 15.2 Å². The van der Waals surface area contributed by atoms with Gasteiger partial charge in [0.05, 0.1) is 0 Å². The van der Waals surface area contributed by atoms with Crippen molar-refractivity contribution in [2.75, 3.05) is 5.32 Å². The molecule has 6 nitrogen and oxygen atoms in total. The van der Waals surface area contributed by atoms with Gasteiger partial charge in [0, 0.05) is 23.6 Å². The van der Waals surface area contributed by atoms with Crippen LogP contribution in [0.25, 0.3) is 0 Å². The largest absolute Gasteiger partial charge is 0.326 e. The number of H-pyrrole nitrogens is 2. The van der Waals surface area contributed by atoms with Gasteiger partial charge < -0.3 is 5.32 Å². The maximum Gasteiger partial charge on any atom is 0.273 e. The molecule has 8 heteroatoms. The zero-order chi connectivity index (χ0) is 15.4. The Bertz CT molecular complexity index is 784. The highest BCUT2D eigenvalue weighted by molar-refractivity contribution is 7.71. The van der Waals surface area contributed by atoms with Crippen LogP contribution in [0.15, 0.2) is 23.0 Å². The number of halogens is 1. The summed E-state index contributed by atoms with van der Waals surface area (Å²) in [4.78, 5) is 25.8. The molecule has 0 fully saturated rings. The van der Waals surface area contributed by atoms with Gasteiger partial charge in [-0.3, -0.25) is 19.7 Å². The summed E-state index contributed by atoms with van der Waals surface area (Å²) in [6, 6.07) is 5.27. The molecule has 0 spiro atoms. The molecule has 2 rings (SSSR count). The van der Waals surface area contributed by atoms with Crippen LogP contribution in [-0.2, 0) is 11.2 Å². The van der Waals surface area contributed by atoms with Crippen molar-refractivity contribution in [2.24, 2.45) is 0 Å². The Balaban J connectivity index is 1.97. The first kappa shape index (κ1) is 15.4. The highest BCUT2D eigenvalue weighted by Crippen LogP contribution is 2.20. The summed E-state index contributed by atoms with van der Waals surface area (Å²) in [5.41, 5.74) is 1.40. The summed E-state index contributed by atoms with van der Waals surface area (Å²) in [5.74, 6) is -0.224. The Labute approximate surface area is 130 Å². The third kappa shape index (κ3) is 4.24. The summed E-state index contributed by atoms with van der Waals surface area (Å²) in [7, 11) is 0. The van der Waals surface area contributed by atoms with E-state index in [1.54, 1.807) is 12.1 Å². The normalized spacial score (nSPS) is 10.4. The van der Waals surface area contributed by atoms with Crippen molar-refractivity contribution in [3.63, 3.8) is 0 Å². The Morgan fingerprint density at radius 2 is 2.24 bits per heavy atom. The van der Waals surface area contributed by atoms with Gasteiger partial charge in [-0.15, -0.1) is 0 Å². The molecular weight excluding hydrogens is 312 g/mol. The van der Waals surface area contributed by atoms with E-state index in [1.165, 1.54) is 0 Å². The number of benzene rings is 1. The molecule has 0 aliphatic rings. The van der Waals surface area contributed by atoms with Crippen LogP contribution < -0.4 is 10.9 Å². The zero-order valence-electron chi connectivity index (χ0n) is 11.2. The molecule has 0 saturated carbocycles. The molecule has 3 N–H and O–H groups in total. The second-order valence-electron chi connectivity index (χ2n) is 4.47. The van der Waals surface area contributed by atoms with Gasteiger partial charge in [0.2, 0.25) is 5.91 Å². The molecule has 0 atom stereocenters.